The number of piperazine rings is 1. The number of piperidine rings is 1. The van der Waals surface area contributed by atoms with E-state index in [-0.39, 0.29) is 24.1 Å². The van der Waals surface area contributed by atoms with Gasteiger partial charge in [0.2, 0.25) is 5.88 Å². The summed E-state index contributed by atoms with van der Waals surface area (Å²) in [5.74, 6) is 0.921. The van der Waals surface area contributed by atoms with Gasteiger partial charge >= 0.3 is 0 Å². The SMILES string of the molecule is COC1CN(c2ccc3c(n2)CN2C(C)CN(c4ccc(C#N)c5nc(O)ccc45)CC32)CCC1N. The summed E-state index contributed by atoms with van der Waals surface area (Å²) in [6, 6.07) is 14.5. The first-order valence-electron chi connectivity index (χ1n) is 12.5. The summed E-state index contributed by atoms with van der Waals surface area (Å²) in [5.41, 5.74) is 10.7. The molecule has 4 unspecified atom stereocenters. The minimum atomic E-state index is -0.0755. The van der Waals surface area contributed by atoms with E-state index in [0.717, 1.165) is 61.7 Å². The number of ether oxygens (including phenoxy) is 1. The van der Waals surface area contributed by atoms with Gasteiger partial charge in [0.1, 0.15) is 11.9 Å². The van der Waals surface area contributed by atoms with Crippen LogP contribution in [0.25, 0.3) is 10.9 Å². The van der Waals surface area contributed by atoms with Crippen molar-refractivity contribution in [1.82, 2.24) is 14.9 Å². The molecule has 0 saturated carbocycles. The smallest absolute Gasteiger partial charge is 0.211 e. The van der Waals surface area contributed by atoms with E-state index in [1.807, 2.05) is 12.1 Å². The second-order valence-corrected chi connectivity index (χ2v) is 10.1. The van der Waals surface area contributed by atoms with Crippen LogP contribution in [0.4, 0.5) is 11.5 Å². The Labute approximate surface area is 210 Å². The Morgan fingerprint density at radius 3 is 2.75 bits per heavy atom. The van der Waals surface area contributed by atoms with Crippen LogP contribution in [0.2, 0.25) is 0 Å². The molecule has 2 saturated heterocycles. The lowest BCUT2D eigenvalue weighted by Gasteiger charge is -2.43. The Morgan fingerprint density at radius 2 is 1.94 bits per heavy atom. The molecule has 0 amide bonds. The number of hydrogen-bond donors (Lipinski definition) is 2. The van der Waals surface area contributed by atoms with E-state index >= 15 is 0 Å². The van der Waals surface area contributed by atoms with E-state index in [4.69, 9.17) is 15.5 Å². The van der Waals surface area contributed by atoms with Crippen LogP contribution >= 0.6 is 0 Å². The molecular weight excluding hydrogens is 454 g/mol. The number of nitrogens with zero attached hydrogens (tertiary/aromatic N) is 6. The quantitative estimate of drug-likeness (QED) is 0.577. The van der Waals surface area contributed by atoms with E-state index in [1.165, 1.54) is 5.56 Å². The van der Waals surface area contributed by atoms with Gasteiger partial charge in [0.15, 0.2) is 0 Å². The monoisotopic (exact) mass is 485 g/mol. The zero-order valence-corrected chi connectivity index (χ0v) is 20.6. The average Bonchev–Trinajstić information content (AvgIpc) is 3.26. The van der Waals surface area contributed by atoms with Crippen LogP contribution in [0, 0.1) is 11.3 Å². The third-order valence-electron chi connectivity index (χ3n) is 8.05. The van der Waals surface area contributed by atoms with Crippen molar-refractivity contribution in [2.45, 2.75) is 44.1 Å². The summed E-state index contributed by atoms with van der Waals surface area (Å²) in [4.78, 5) is 16.6. The van der Waals surface area contributed by atoms with E-state index in [1.54, 1.807) is 19.2 Å². The van der Waals surface area contributed by atoms with Crippen LogP contribution in [0.1, 0.15) is 36.2 Å². The van der Waals surface area contributed by atoms with Gasteiger partial charge in [-0.2, -0.15) is 5.26 Å². The highest BCUT2D eigenvalue weighted by molar-refractivity contribution is 5.95. The van der Waals surface area contributed by atoms with Crippen molar-refractivity contribution in [2.24, 2.45) is 5.73 Å². The first-order valence-corrected chi connectivity index (χ1v) is 12.5. The average molecular weight is 486 g/mol. The second-order valence-electron chi connectivity index (χ2n) is 10.1. The molecule has 3 N–H and O–H groups in total. The Hall–Kier alpha value is -3.45. The lowest BCUT2D eigenvalue weighted by Crippen LogP contribution is -2.51. The molecule has 3 aliphatic rings. The highest BCUT2D eigenvalue weighted by Crippen LogP contribution is 2.41. The van der Waals surface area contributed by atoms with Crippen molar-refractivity contribution < 1.29 is 9.84 Å². The minimum Gasteiger partial charge on any atom is -0.493 e. The zero-order valence-electron chi connectivity index (χ0n) is 20.6. The maximum Gasteiger partial charge on any atom is 0.211 e. The van der Waals surface area contributed by atoms with E-state index in [0.29, 0.717) is 17.1 Å². The fourth-order valence-corrected chi connectivity index (χ4v) is 6.09. The topological polar surface area (TPSA) is 115 Å². The van der Waals surface area contributed by atoms with Crippen LogP contribution in [0.15, 0.2) is 36.4 Å². The molecule has 0 radical (unpaired) electrons. The number of benzene rings is 1. The molecule has 36 heavy (non-hydrogen) atoms. The van der Waals surface area contributed by atoms with Gasteiger partial charge in [-0.3, -0.25) is 4.90 Å². The molecule has 186 valence electrons. The van der Waals surface area contributed by atoms with Crippen molar-refractivity contribution in [3.05, 3.63) is 53.2 Å². The molecular formula is C27H31N7O2. The number of aromatic hydroxyl groups is 1. The molecule has 5 heterocycles. The van der Waals surface area contributed by atoms with Gasteiger partial charge in [-0.15, -0.1) is 0 Å². The predicted octanol–water partition coefficient (Wildman–Crippen LogP) is 2.52. The number of fused-ring (bicyclic) bond motifs is 4. The van der Waals surface area contributed by atoms with Crippen molar-refractivity contribution in [2.75, 3.05) is 43.1 Å². The summed E-state index contributed by atoms with van der Waals surface area (Å²) in [7, 11) is 1.73. The van der Waals surface area contributed by atoms with E-state index in [9.17, 15) is 10.4 Å². The number of aromatic nitrogens is 2. The number of hydrogen-bond acceptors (Lipinski definition) is 9. The third kappa shape index (κ3) is 3.73. The summed E-state index contributed by atoms with van der Waals surface area (Å²) >= 11 is 0. The Balaban J connectivity index is 1.30. The van der Waals surface area contributed by atoms with Gasteiger partial charge in [0, 0.05) is 69.1 Å². The maximum atomic E-state index is 9.92. The summed E-state index contributed by atoms with van der Waals surface area (Å²) in [6.07, 6.45) is 0.913. The Morgan fingerprint density at radius 1 is 1.08 bits per heavy atom. The summed E-state index contributed by atoms with van der Waals surface area (Å²) < 4.78 is 5.60. The molecule has 9 nitrogen and oxygen atoms in total. The minimum absolute atomic E-state index is 0.0207. The standard InChI is InChI=1S/C27H31N7O2/c1-16-12-33(22-6-3-17(11-28)27-19(22)5-8-26(35)31-27)14-23-18-4-7-25(30-21(18)13-34(16)23)32-10-9-20(29)24(15-32)36-2/h3-8,16,20,23-24H,9-10,12-15,29H2,1-2H3,(H,31,35). The van der Waals surface area contributed by atoms with Gasteiger partial charge in [-0.05, 0) is 43.2 Å². The number of methoxy groups -OCH3 is 1. The van der Waals surface area contributed by atoms with E-state index in [2.05, 4.69) is 44.8 Å². The number of rotatable bonds is 3. The first kappa shape index (κ1) is 23.0. The highest BCUT2D eigenvalue weighted by atomic mass is 16.5. The molecule has 6 rings (SSSR count). The van der Waals surface area contributed by atoms with Crippen molar-refractivity contribution in [3.63, 3.8) is 0 Å². The van der Waals surface area contributed by atoms with Gasteiger partial charge in [-0.25, -0.2) is 9.97 Å². The number of nitrogens with two attached hydrogens (primary N) is 1. The summed E-state index contributed by atoms with van der Waals surface area (Å²) in [6.45, 7) is 6.43. The lowest BCUT2D eigenvalue weighted by molar-refractivity contribution is 0.0728. The molecule has 3 aliphatic heterocycles. The zero-order chi connectivity index (χ0) is 25.0. The number of anilines is 2. The van der Waals surface area contributed by atoms with E-state index < -0.39 is 0 Å². The van der Waals surface area contributed by atoms with Gasteiger partial charge in [-0.1, -0.05) is 6.07 Å². The van der Waals surface area contributed by atoms with Crippen molar-refractivity contribution >= 4 is 22.4 Å². The fourth-order valence-electron chi connectivity index (χ4n) is 6.09. The second kappa shape index (κ2) is 8.89. The maximum absolute atomic E-state index is 9.92. The van der Waals surface area contributed by atoms with Crippen LogP contribution in [-0.2, 0) is 11.3 Å². The molecule has 4 atom stereocenters. The first-order chi connectivity index (χ1) is 17.5. The lowest BCUT2D eigenvalue weighted by atomic mass is 10.0. The van der Waals surface area contributed by atoms with Crippen LogP contribution in [0.3, 0.4) is 0 Å². The van der Waals surface area contributed by atoms with Crippen LogP contribution < -0.4 is 15.5 Å². The molecule has 2 fully saturated rings. The number of nitriles is 1. The fraction of sp³-hybridized carbons (Fsp3) is 0.444. The molecule has 0 bridgehead atoms. The van der Waals surface area contributed by atoms with Gasteiger partial charge in [0.05, 0.1) is 28.9 Å². The molecule has 3 aromatic rings. The highest BCUT2D eigenvalue weighted by Gasteiger charge is 2.40. The Bertz CT molecular complexity index is 1360. The molecule has 2 aromatic heterocycles. The largest absolute Gasteiger partial charge is 0.493 e. The molecule has 1 aromatic carbocycles. The van der Waals surface area contributed by atoms with Crippen molar-refractivity contribution in [3.8, 4) is 11.9 Å². The number of pyridine rings is 2. The molecule has 0 spiro atoms. The van der Waals surface area contributed by atoms with Gasteiger partial charge in [0.25, 0.3) is 0 Å². The normalized spacial score (nSPS) is 26.1. The predicted molar refractivity (Wildman–Crippen MR) is 138 cm³/mol. The van der Waals surface area contributed by atoms with Crippen molar-refractivity contribution in [1.29, 1.82) is 5.26 Å². The third-order valence-corrected chi connectivity index (χ3v) is 8.05. The van der Waals surface area contributed by atoms with Crippen LogP contribution in [0.5, 0.6) is 5.88 Å². The van der Waals surface area contributed by atoms with Crippen LogP contribution in [-0.4, -0.2) is 71.5 Å². The molecule has 0 aliphatic carbocycles. The molecule has 9 heteroatoms. The Kier molecular flexibility index (Phi) is 5.67. The summed E-state index contributed by atoms with van der Waals surface area (Å²) in [5, 5.41) is 20.3. The van der Waals surface area contributed by atoms with Gasteiger partial charge < -0.3 is 25.4 Å².